The van der Waals surface area contributed by atoms with E-state index in [2.05, 4.69) is 4.72 Å². The number of fused-ring (bicyclic) bond motifs is 1. The van der Waals surface area contributed by atoms with Gasteiger partial charge in [-0.15, -0.1) is 0 Å². The quantitative estimate of drug-likeness (QED) is 0.747. The smallest absolute Gasteiger partial charge is 0.261 e. The topological polar surface area (TPSA) is 79.6 Å². The molecule has 1 amide bonds. The first kappa shape index (κ1) is 17.4. The number of rotatable bonds is 4. The summed E-state index contributed by atoms with van der Waals surface area (Å²) in [6.07, 6.45) is 3.82. The normalized spacial score (nSPS) is 13.4. The van der Waals surface area contributed by atoms with E-state index >= 15 is 0 Å². The largest absolute Gasteiger partial charge is 0.472 e. The van der Waals surface area contributed by atoms with Crippen molar-refractivity contribution in [2.75, 3.05) is 16.2 Å². The van der Waals surface area contributed by atoms with E-state index in [1.165, 1.54) is 13.0 Å². The van der Waals surface area contributed by atoms with Crippen molar-refractivity contribution in [3.63, 3.8) is 0 Å². The third-order valence-electron chi connectivity index (χ3n) is 4.61. The fraction of sp³-hybridized carbons (Fsp3) is 0.150. The number of anilines is 2. The van der Waals surface area contributed by atoms with Crippen LogP contribution in [0.3, 0.4) is 0 Å². The van der Waals surface area contributed by atoms with Crippen LogP contribution in [0.4, 0.5) is 11.4 Å². The van der Waals surface area contributed by atoms with Crippen molar-refractivity contribution in [1.82, 2.24) is 0 Å². The summed E-state index contributed by atoms with van der Waals surface area (Å²) < 4.78 is 33.3. The molecule has 0 bridgehead atoms. The predicted octanol–water partition coefficient (Wildman–Crippen LogP) is 3.66. The molecule has 2 aromatic carbocycles. The average Bonchev–Trinajstić information content (AvgIpc) is 3.31. The van der Waals surface area contributed by atoms with Gasteiger partial charge in [0.05, 0.1) is 17.4 Å². The minimum atomic E-state index is -3.74. The third kappa shape index (κ3) is 3.33. The van der Waals surface area contributed by atoms with Gasteiger partial charge in [0.15, 0.2) is 0 Å². The summed E-state index contributed by atoms with van der Waals surface area (Å²) in [6.45, 7) is 2.09. The van der Waals surface area contributed by atoms with Gasteiger partial charge in [0.1, 0.15) is 0 Å². The van der Waals surface area contributed by atoms with Gasteiger partial charge >= 0.3 is 0 Å². The molecule has 0 atom stereocenters. The molecular weight excluding hydrogens is 364 g/mol. The number of benzene rings is 2. The highest BCUT2D eigenvalue weighted by Crippen LogP contribution is 2.31. The van der Waals surface area contributed by atoms with Crippen molar-refractivity contribution in [2.45, 2.75) is 18.2 Å². The highest BCUT2D eigenvalue weighted by Gasteiger charge is 2.24. The van der Waals surface area contributed by atoms with Crippen molar-refractivity contribution in [1.29, 1.82) is 0 Å². The first-order chi connectivity index (χ1) is 12.9. The average molecular weight is 382 g/mol. The van der Waals surface area contributed by atoms with Gasteiger partial charge in [0.25, 0.3) is 10.0 Å². The Labute approximate surface area is 157 Å². The lowest BCUT2D eigenvalue weighted by Crippen LogP contribution is -2.25. The Hall–Kier alpha value is -3.06. The van der Waals surface area contributed by atoms with E-state index in [4.69, 9.17) is 4.42 Å². The number of sulfonamides is 1. The van der Waals surface area contributed by atoms with E-state index in [1.807, 2.05) is 12.1 Å². The fourth-order valence-corrected chi connectivity index (χ4v) is 4.38. The van der Waals surface area contributed by atoms with Crippen LogP contribution in [0.5, 0.6) is 0 Å². The Balaban J connectivity index is 1.62. The molecule has 1 aromatic heterocycles. The zero-order valence-electron chi connectivity index (χ0n) is 14.7. The first-order valence-electron chi connectivity index (χ1n) is 8.50. The standard InChI is InChI=1S/C20H18N2O4S/c1-14(23)22-9-7-16-12-19(5-6-20(16)22)27(24,25)21-18-4-2-3-15(11-18)17-8-10-26-13-17/h2-6,8,10-13,21H,7,9H2,1H3. The Bertz CT molecular complexity index is 1100. The lowest BCUT2D eigenvalue weighted by molar-refractivity contribution is -0.116. The van der Waals surface area contributed by atoms with E-state index in [9.17, 15) is 13.2 Å². The van der Waals surface area contributed by atoms with E-state index in [0.717, 1.165) is 22.4 Å². The van der Waals surface area contributed by atoms with Crippen molar-refractivity contribution in [2.24, 2.45) is 0 Å². The zero-order chi connectivity index (χ0) is 19.0. The Morgan fingerprint density at radius 2 is 1.96 bits per heavy atom. The number of nitrogens with zero attached hydrogens (tertiary/aromatic N) is 1. The number of carbonyl (C=O) groups is 1. The second-order valence-electron chi connectivity index (χ2n) is 6.41. The molecule has 138 valence electrons. The number of furan rings is 1. The van der Waals surface area contributed by atoms with Gasteiger partial charge in [-0.05, 0) is 53.9 Å². The van der Waals surface area contributed by atoms with Crippen LogP contribution in [0.25, 0.3) is 11.1 Å². The third-order valence-corrected chi connectivity index (χ3v) is 5.99. The molecule has 0 saturated heterocycles. The molecule has 0 aliphatic carbocycles. The second kappa shape index (κ2) is 6.59. The van der Waals surface area contributed by atoms with E-state index in [1.54, 1.807) is 47.8 Å². The molecule has 7 heteroatoms. The van der Waals surface area contributed by atoms with E-state index < -0.39 is 10.0 Å². The summed E-state index contributed by atoms with van der Waals surface area (Å²) in [5, 5.41) is 0. The fourth-order valence-electron chi connectivity index (χ4n) is 3.28. The molecule has 2 heterocycles. The molecule has 0 radical (unpaired) electrons. The molecule has 4 rings (SSSR count). The summed E-state index contributed by atoms with van der Waals surface area (Å²) in [6, 6.07) is 13.8. The molecule has 0 unspecified atom stereocenters. The highest BCUT2D eigenvalue weighted by atomic mass is 32.2. The van der Waals surface area contributed by atoms with Crippen LogP contribution in [0, 0.1) is 0 Å². The maximum absolute atomic E-state index is 12.8. The van der Waals surface area contributed by atoms with Crippen molar-refractivity contribution < 1.29 is 17.6 Å². The zero-order valence-corrected chi connectivity index (χ0v) is 15.5. The summed E-state index contributed by atoms with van der Waals surface area (Å²) in [5.74, 6) is -0.0430. The molecule has 0 fully saturated rings. The monoisotopic (exact) mass is 382 g/mol. The number of carbonyl (C=O) groups excluding carboxylic acids is 1. The van der Waals surface area contributed by atoms with E-state index in [-0.39, 0.29) is 10.8 Å². The summed E-state index contributed by atoms with van der Waals surface area (Å²) in [4.78, 5) is 13.5. The van der Waals surface area contributed by atoms with Crippen molar-refractivity contribution in [3.05, 3.63) is 66.6 Å². The van der Waals surface area contributed by atoms with Gasteiger partial charge in [-0.25, -0.2) is 8.42 Å². The number of amides is 1. The maximum atomic E-state index is 12.8. The molecule has 0 spiro atoms. The minimum absolute atomic E-state index is 0.0430. The van der Waals surface area contributed by atoms with Gasteiger partial charge in [-0.2, -0.15) is 0 Å². The maximum Gasteiger partial charge on any atom is 0.261 e. The number of hydrogen-bond acceptors (Lipinski definition) is 4. The van der Waals surface area contributed by atoms with Crippen LogP contribution in [0.2, 0.25) is 0 Å². The number of hydrogen-bond donors (Lipinski definition) is 1. The lowest BCUT2D eigenvalue weighted by atomic mass is 10.1. The minimum Gasteiger partial charge on any atom is -0.472 e. The summed E-state index contributed by atoms with van der Waals surface area (Å²) in [5.41, 5.74) is 3.84. The summed E-state index contributed by atoms with van der Waals surface area (Å²) in [7, 11) is -3.74. The molecule has 27 heavy (non-hydrogen) atoms. The van der Waals surface area contributed by atoms with Crippen LogP contribution in [0.1, 0.15) is 12.5 Å². The Morgan fingerprint density at radius 3 is 2.70 bits per heavy atom. The van der Waals surface area contributed by atoms with Crippen molar-refractivity contribution in [3.8, 4) is 11.1 Å². The molecule has 1 aliphatic heterocycles. The predicted molar refractivity (Wildman–Crippen MR) is 103 cm³/mol. The molecular formula is C20H18N2O4S. The summed E-state index contributed by atoms with van der Waals surface area (Å²) >= 11 is 0. The molecule has 3 aromatic rings. The Morgan fingerprint density at radius 1 is 1.11 bits per heavy atom. The second-order valence-corrected chi connectivity index (χ2v) is 8.09. The van der Waals surface area contributed by atoms with Crippen molar-refractivity contribution >= 4 is 27.3 Å². The van der Waals surface area contributed by atoms with Crippen LogP contribution in [-0.4, -0.2) is 20.9 Å². The molecule has 1 N–H and O–H groups in total. The SMILES string of the molecule is CC(=O)N1CCc2cc(S(=O)(=O)Nc3cccc(-c4ccoc4)c3)ccc21. The van der Waals surface area contributed by atoms with Gasteiger partial charge in [-0.1, -0.05) is 12.1 Å². The van der Waals surface area contributed by atoms with Gasteiger partial charge in [-0.3, -0.25) is 9.52 Å². The lowest BCUT2D eigenvalue weighted by Gasteiger charge is -2.15. The van der Waals surface area contributed by atoms with Gasteiger partial charge in [0, 0.05) is 30.4 Å². The van der Waals surface area contributed by atoms with Crippen LogP contribution >= 0.6 is 0 Å². The Kier molecular flexibility index (Phi) is 4.24. The van der Waals surface area contributed by atoms with Crippen LogP contribution in [-0.2, 0) is 21.2 Å². The molecule has 0 saturated carbocycles. The first-order valence-corrected chi connectivity index (χ1v) is 9.99. The van der Waals surface area contributed by atoms with Crippen LogP contribution in [0.15, 0.2) is 70.4 Å². The molecule has 1 aliphatic rings. The van der Waals surface area contributed by atoms with Gasteiger partial charge < -0.3 is 9.32 Å². The number of nitrogens with one attached hydrogen (secondary N) is 1. The van der Waals surface area contributed by atoms with Crippen LogP contribution < -0.4 is 9.62 Å². The highest BCUT2D eigenvalue weighted by molar-refractivity contribution is 7.92. The molecule has 6 nitrogen and oxygen atoms in total. The van der Waals surface area contributed by atoms with E-state index in [0.29, 0.717) is 18.7 Å². The van der Waals surface area contributed by atoms with Gasteiger partial charge in [0.2, 0.25) is 5.91 Å².